The summed E-state index contributed by atoms with van der Waals surface area (Å²) in [5.74, 6) is 0.372. The van der Waals surface area contributed by atoms with Crippen molar-refractivity contribution in [3.05, 3.63) is 64.2 Å². The minimum absolute atomic E-state index is 0.00728. The minimum Gasteiger partial charge on any atom is -0.387 e. The highest BCUT2D eigenvalue weighted by atomic mass is 32.2. The van der Waals surface area contributed by atoms with Crippen LogP contribution in [0.15, 0.2) is 58.1 Å². The van der Waals surface area contributed by atoms with Gasteiger partial charge in [-0.3, -0.25) is 14.2 Å². The number of aromatic nitrogens is 2. The summed E-state index contributed by atoms with van der Waals surface area (Å²) in [6.07, 6.45) is 6.44. The molecule has 3 aromatic rings. The van der Waals surface area contributed by atoms with Gasteiger partial charge < -0.3 is 10.6 Å². The number of fused-ring (bicyclic) bond motifs is 2. The number of amidine groups is 1. The second kappa shape index (κ2) is 11.9. The van der Waals surface area contributed by atoms with E-state index >= 15 is 0 Å². The summed E-state index contributed by atoms with van der Waals surface area (Å²) >= 11 is 0. The third-order valence-corrected chi connectivity index (χ3v) is 7.15. The molecule has 10 nitrogen and oxygen atoms in total. The van der Waals surface area contributed by atoms with E-state index in [0.29, 0.717) is 47.5 Å². The number of amides is 1. The Balaban J connectivity index is 1.63. The summed E-state index contributed by atoms with van der Waals surface area (Å²) < 4.78 is 26.3. The van der Waals surface area contributed by atoms with Gasteiger partial charge in [0, 0.05) is 43.7 Å². The maximum atomic E-state index is 13.2. The van der Waals surface area contributed by atoms with E-state index < -0.39 is 10.0 Å². The van der Waals surface area contributed by atoms with Gasteiger partial charge in [-0.05, 0) is 48.2 Å². The Kier molecular flexibility index (Phi) is 8.61. The molecular weight excluding hydrogens is 516 g/mol. The molecule has 11 heteroatoms. The van der Waals surface area contributed by atoms with Gasteiger partial charge in [0.2, 0.25) is 15.9 Å². The van der Waals surface area contributed by atoms with Crippen molar-refractivity contribution in [2.45, 2.75) is 39.7 Å². The Hall–Kier alpha value is -3.83. The SMILES string of the molecule is CCCN(CCC)C(=O)C1=Cc2ccc(-c3ccc4c(=O)n(CCNS(C)(=O)=O)cnc4c3)cc2N=C(N)C1. The first-order chi connectivity index (χ1) is 18.6. The van der Waals surface area contributed by atoms with Crippen molar-refractivity contribution in [2.24, 2.45) is 10.7 Å². The van der Waals surface area contributed by atoms with E-state index in [9.17, 15) is 18.0 Å². The molecule has 1 aliphatic rings. The molecule has 3 N–H and O–H groups in total. The highest BCUT2D eigenvalue weighted by molar-refractivity contribution is 7.88. The molecule has 0 spiro atoms. The fourth-order valence-corrected chi connectivity index (χ4v) is 5.08. The molecule has 1 aromatic heterocycles. The number of benzene rings is 2. The third kappa shape index (κ3) is 6.79. The van der Waals surface area contributed by atoms with Gasteiger partial charge in [0.1, 0.15) is 5.84 Å². The molecule has 0 bridgehead atoms. The summed E-state index contributed by atoms with van der Waals surface area (Å²) in [5, 5.41) is 0.437. The van der Waals surface area contributed by atoms with E-state index in [1.165, 1.54) is 10.9 Å². The molecule has 4 rings (SSSR count). The van der Waals surface area contributed by atoms with Crippen LogP contribution in [0.1, 0.15) is 38.7 Å². The fourth-order valence-electron chi connectivity index (χ4n) is 4.61. The normalized spacial score (nSPS) is 13.4. The Labute approximate surface area is 228 Å². The smallest absolute Gasteiger partial charge is 0.261 e. The van der Waals surface area contributed by atoms with Crippen LogP contribution in [0.3, 0.4) is 0 Å². The number of carbonyl (C=O) groups is 1. The second-order valence-corrected chi connectivity index (χ2v) is 11.5. The molecule has 0 saturated carbocycles. The lowest BCUT2D eigenvalue weighted by atomic mass is 10.00. The molecule has 2 aromatic carbocycles. The highest BCUT2D eigenvalue weighted by Crippen LogP contribution is 2.32. The Morgan fingerprint density at radius 2 is 1.79 bits per heavy atom. The number of aliphatic imine (C=N–C) groups is 1. The van der Waals surface area contributed by atoms with Gasteiger partial charge in [0.05, 0.1) is 29.2 Å². The Bertz CT molecular complexity index is 1620. The lowest BCUT2D eigenvalue weighted by molar-refractivity contribution is -0.127. The van der Waals surface area contributed by atoms with Crippen molar-refractivity contribution in [2.75, 3.05) is 25.9 Å². The monoisotopic (exact) mass is 550 g/mol. The Morgan fingerprint density at radius 3 is 2.49 bits per heavy atom. The van der Waals surface area contributed by atoms with E-state index in [2.05, 4.69) is 28.5 Å². The molecule has 0 radical (unpaired) electrons. The van der Waals surface area contributed by atoms with E-state index in [0.717, 1.165) is 35.8 Å². The first-order valence-corrected chi connectivity index (χ1v) is 14.9. The van der Waals surface area contributed by atoms with Gasteiger partial charge in [0.25, 0.3) is 5.56 Å². The molecule has 2 heterocycles. The molecule has 0 atom stereocenters. The van der Waals surface area contributed by atoms with Gasteiger partial charge >= 0.3 is 0 Å². The number of rotatable bonds is 10. The number of nitrogens with zero attached hydrogens (tertiary/aromatic N) is 4. The van der Waals surface area contributed by atoms with E-state index in [1.807, 2.05) is 41.3 Å². The van der Waals surface area contributed by atoms with Crippen molar-refractivity contribution >= 4 is 44.4 Å². The topological polar surface area (TPSA) is 140 Å². The largest absolute Gasteiger partial charge is 0.387 e. The summed E-state index contributed by atoms with van der Waals surface area (Å²) in [5.41, 5.74) is 10.4. The quantitative estimate of drug-likeness (QED) is 0.398. The number of hydrogen-bond donors (Lipinski definition) is 2. The van der Waals surface area contributed by atoms with Crippen LogP contribution >= 0.6 is 0 Å². The number of carbonyl (C=O) groups excluding carboxylic acids is 1. The van der Waals surface area contributed by atoms with Crippen LogP contribution in [-0.2, 0) is 21.4 Å². The predicted molar refractivity (Wildman–Crippen MR) is 155 cm³/mol. The van der Waals surface area contributed by atoms with Crippen molar-refractivity contribution in [3.8, 4) is 11.1 Å². The van der Waals surface area contributed by atoms with Crippen LogP contribution < -0.4 is 16.0 Å². The first kappa shape index (κ1) is 28.2. The van der Waals surface area contributed by atoms with Gasteiger partial charge in [-0.25, -0.2) is 23.1 Å². The van der Waals surface area contributed by atoms with Crippen molar-refractivity contribution in [1.82, 2.24) is 19.2 Å². The average molecular weight is 551 g/mol. The zero-order valence-electron chi connectivity index (χ0n) is 22.5. The summed E-state index contributed by atoms with van der Waals surface area (Å²) in [6.45, 7) is 5.79. The highest BCUT2D eigenvalue weighted by Gasteiger charge is 2.21. The molecule has 39 heavy (non-hydrogen) atoms. The molecule has 1 aliphatic heterocycles. The molecule has 0 saturated heterocycles. The molecule has 0 unspecified atom stereocenters. The molecule has 206 valence electrons. The van der Waals surface area contributed by atoms with Gasteiger partial charge in [-0.1, -0.05) is 32.0 Å². The minimum atomic E-state index is -3.34. The maximum absolute atomic E-state index is 13.2. The van der Waals surface area contributed by atoms with Crippen LogP contribution in [0.25, 0.3) is 28.1 Å². The third-order valence-electron chi connectivity index (χ3n) is 6.42. The molecule has 0 fully saturated rings. The average Bonchev–Trinajstić information content (AvgIpc) is 3.06. The number of hydrogen-bond acceptors (Lipinski definition) is 7. The van der Waals surface area contributed by atoms with E-state index in [4.69, 9.17) is 5.73 Å². The lowest BCUT2D eigenvalue weighted by Crippen LogP contribution is -2.34. The van der Waals surface area contributed by atoms with Crippen molar-refractivity contribution < 1.29 is 13.2 Å². The second-order valence-electron chi connectivity index (χ2n) is 9.66. The maximum Gasteiger partial charge on any atom is 0.261 e. The zero-order chi connectivity index (χ0) is 28.2. The molecule has 1 amide bonds. The summed E-state index contributed by atoms with van der Waals surface area (Å²) in [4.78, 5) is 37.0. The number of sulfonamides is 1. The number of nitrogens with two attached hydrogens (primary N) is 1. The number of nitrogens with one attached hydrogen (secondary N) is 1. The first-order valence-electron chi connectivity index (χ1n) is 13.0. The van der Waals surface area contributed by atoms with Crippen molar-refractivity contribution in [3.63, 3.8) is 0 Å². The molecular formula is C28H34N6O4S. The van der Waals surface area contributed by atoms with Gasteiger partial charge in [0.15, 0.2) is 0 Å². The lowest BCUT2D eigenvalue weighted by Gasteiger charge is -2.22. The van der Waals surface area contributed by atoms with Crippen LogP contribution in [0.4, 0.5) is 5.69 Å². The van der Waals surface area contributed by atoms with E-state index in [1.54, 1.807) is 6.07 Å². The summed E-state index contributed by atoms with van der Waals surface area (Å²) in [7, 11) is -3.34. The molecule has 0 aliphatic carbocycles. The van der Waals surface area contributed by atoms with Gasteiger partial charge in [-0.15, -0.1) is 0 Å². The standard InChI is InChI=1S/C28H34N6O4S/c1-4-11-33(12-5-2)27(35)22-14-21-7-6-19(15-24(21)32-26(29)17-22)20-8-9-23-25(16-20)30-18-34(28(23)36)13-10-31-39(3,37)38/h6-9,14-16,18,31H,4-5,10-13,17H2,1-3H3,(H2,29,32). The van der Waals surface area contributed by atoms with Crippen molar-refractivity contribution in [1.29, 1.82) is 0 Å². The van der Waals surface area contributed by atoms with E-state index in [-0.39, 0.29) is 24.6 Å². The van der Waals surface area contributed by atoms with Crippen LogP contribution in [0, 0.1) is 0 Å². The predicted octanol–water partition coefficient (Wildman–Crippen LogP) is 3.04. The summed E-state index contributed by atoms with van der Waals surface area (Å²) in [6, 6.07) is 11.2. The Morgan fingerprint density at radius 1 is 1.10 bits per heavy atom. The van der Waals surface area contributed by atoms with Crippen LogP contribution in [0.2, 0.25) is 0 Å². The van der Waals surface area contributed by atoms with Crippen LogP contribution in [-0.4, -0.2) is 60.5 Å². The van der Waals surface area contributed by atoms with Gasteiger partial charge in [-0.2, -0.15) is 0 Å². The fraction of sp³-hybridized carbons (Fsp3) is 0.357. The van der Waals surface area contributed by atoms with Crippen LogP contribution in [0.5, 0.6) is 0 Å². The zero-order valence-corrected chi connectivity index (χ0v) is 23.3.